The first-order valence-corrected chi connectivity index (χ1v) is 25.2. The first-order valence-electron chi connectivity index (χ1n) is 22.7. The standard InChI is InChI=1S/C46H54N12O12S2/c1-21(2)35-45(67)69-17-31(53-39(61)29-15-47-25-11-7-9-13-27(25)51-29)41(63)49-24(6)38(60)56-34-20-72-71-19-33(43(65)57-35)55-37(59)23(5)50-42(64)32(18-70-46(68)36(22(3)4)58-44(34)66)54-40(62)30-16-48-26-12-8-10-14-28(26)52-30/h7-16,21-24,31-36H,17-20H2,1-6H3,(H,49,63)(H,50,64)(H,53,61)(H,54,62)(H,55,59)(H,56,60)(H,57,65)(H,58,66)/t23-,24-,31+,32+,33-,34-,35-,36-/m0/s1. The zero-order valence-electron chi connectivity index (χ0n) is 39.9. The number of amides is 8. The van der Waals surface area contributed by atoms with Gasteiger partial charge in [-0.3, -0.25) is 48.3 Å². The van der Waals surface area contributed by atoms with E-state index in [4.69, 9.17) is 9.47 Å². The molecule has 72 heavy (non-hydrogen) atoms. The van der Waals surface area contributed by atoms with Crippen LogP contribution in [0.3, 0.4) is 0 Å². The number of hydrogen-bond donors (Lipinski definition) is 8. The van der Waals surface area contributed by atoms with E-state index < -0.39 is 133 Å². The third-order valence-electron chi connectivity index (χ3n) is 11.2. The van der Waals surface area contributed by atoms with Crippen LogP contribution >= 0.6 is 21.6 Å². The summed E-state index contributed by atoms with van der Waals surface area (Å²) in [4.78, 5) is 155. The topological polar surface area (TPSA) is 337 Å². The number of ether oxygens (including phenoxy) is 2. The maximum absolute atomic E-state index is 14.1. The second-order valence-electron chi connectivity index (χ2n) is 17.4. The highest BCUT2D eigenvalue weighted by Gasteiger charge is 2.37. The number of carbonyl (C=O) groups is 10. The molecule has 0 unspecified atom stereocenters. The molecule has 2 bridgehead atoms. The lowest BCUT2D eigenvalue weighted by Gasteiger charge is -2.28. The summed E-state index contributed by atoms with van der Waals surface area (Å²) < 4.78 is 11.1. The van der Waals surface area contributed by atoms with Gasteiger partial charge < -0.3 is 52.0 Å². The number of aromatic nitrogens is 4. The van der Waals surface area contributed by atoms with Crippen LogP contribution in [-0.4, -0.2) is 152 Å². The van der Waals surface area contributed by atoms with Gasteiger partial charge in [0.25, 0.3) is 11.8 Å². The minimum absolute atomic E-state index is 0.190. The Kier molecular flexibility index (Phi) is 18.4. The smallest absolute Gasteiger partial charge is 0.328 e. The van der Waals surface area contributed by atoms with E-state index >= 15 is 0 Å². The lowest BCUT2D eigenvalue weighted by Crippen LogP contribution is -2.60. The summed E-state index contributed by atoms with van der Waals surface area (Å²) in [5, 5.41) is 20.2. The Hall–Kier alpha value is -7.48. The maximum atomic E-state index is 14.1. The molecule has 0 spiro atoms. The largest absolute Gasteiger partial charge is 0.461 e. The molecular formula is C46H54N12O12S2. The number of fused-ring (bicyclic) bond motifs is 7. The molecule has 0 saturated carbocycles. The predicted molar refractivity (Wildman–Crippen MR) is 261 cm³/mol. The molecular weight excluding hydrogens is 977 g/mol. The summed E-state index contributed by atoms with van der Waals surface area (Å²) >= 11 is 0. The molecule has 2 fully saturated rings. The summed E-state index contributed by atoms with van der Waals surface area (Å²) in [5.74, 6) is -11.0. The molecule has 8 N–H and O–H groups in total. The summed E-state index contributed by atoms with van der Waals surface area (Å²) in [7, 11) is 2.01. The molecule has 4 aromatic rings. The lowest BCUT2D eigenvalue weighted by atomic mass is 10.0. The van der Waals surface area contributed by atoms with Crippen molar-refractivity contribution in [3.05, 3.63) is 72.3 Å². The molecule has 2 aromatic carbocycles. The van der Waals surface area contributed by atoms with Crippen LogP contribution in [-0.2, 0) is 47.8 Å². The van der Waals surface area contributed by atoms with Crippen LogP contribution in [0.2, 0.25) is 0 Å². The van der Waals surface area contributed by atoms with Gasteiger partial charge in [0.15, 0.2) is 0 Å². The molecule has 4 heterocycles. The highest BCUT2D eigenvalue weighted by Crippen LogP contribution is 2.24. The van der Waals surface area contributed by atoms with Crippen molar-refractivity contribution in [2.24, 2.45) is 11.8 Å². The Labute approximate surface area is 420 Å². The Morgan fingerprint density at radius 3 is 1.25 bits per heavy atom. The quantitative estimate of drug-likeness (QED) is 0.0868. The van der Waals surface area contributed by atoms with Crippen LogP contribution in [0, 0.1) is 11.8 Å². The van der Waals surface area contributed by atoms with Crippen LogP contribution in [0.5, 0.6) is 0 Å². The van der Waals surface area contributed by atoms with Gasteiger partial charge in [0.05, 0.1) is 34.5 Å². The number of carbonyl (C=O) groups excluding carboxylic acids is 10. The molecule has 2 saturated heterocycles. The fraction of sp³-hybridized carbons (Fsp3) is 0.435. The first kappa shape index (κ1) is 53.9. The number of para-hydroxylation sites is 4. The summed E-state index contributed by atoms with van der Waals surface area (Å²) in [6.45, 7) is 7.40. The van der Waals surface area contributed by atoms with E-state index in [9.17, 15) is 47.9 Å². The van der Waals surface area contributed by atoms with Crippen molar-refractivity contribution < 1.29 is 57.4 Å². The minimum Gasteiger partial charge on any atom is -0.461 e. The molecule has 6 rings (SSSR count). The monoisotopic (exact) mass is 1030 g/mol. The van der Waals surface area contributed by atoms with Crippen molar-refractivity contribution in [3.8, 4) is 0 Å². The first-order chi connectivity index (χ1) is 34.3. The zero-order chi connectivity index (χ0) is 52.2. The van der Waals surface area contributed by atoms with E-state index in [0.29, 0.717) is 22.1 Å². The van der Waals surface area contributed by atoms with E-state index in [1.165, 1.54) is 26.2 Å². The maximum Gasteiger partial charge on any atom is 0.328 e. The molecule has 8 amide bonds. The molecule has 8 atom stereocenters. The molecule has 26 heteroatoms. The number of benzene rings is 2. The Bertz CT molecular complexity index is 2560. The second kappa shape index (κ2) is 24.6. The van der Waals surface area contributed by atoms with E-state index in [0.717, 1.165) is 21.6 Å². The molecule has 382 valence electrons. The second-order valence-corrected chi connectivity index (χ2v) is 20.0. The lowest BCUT2D eigenvalue weighted by molar-refractivity contribution is -0.152. The van der Waals surface area contributed by atoms with Gasteiger partial charge in [-0.1, -0.05) is 73.5 Å². The van der Waals surface area contributed by atoms with Crippen LogP contribution in [0.1, 0.15) is 62.5 Å². The molecule has 0 aliphatic carbocycles. The van der Waals surface area contributed by atoms with Crippen LogP contribution < -0.4 is 42.5 Å². The third kappa shape index (κ3) is 14.1. The number of hydrogen-bond acceptors (Lipinski definition) is 18. The minimum atomic E-state index is -1.65. The van der Waals surface area contributed by atoms with Gasteiger partial charge in [0.2, 0.25) is 35.4 Å². The van der Waals surface area contributed by atoms with Crippen molar-refractivity contribution in [2.45, 2.75) is 89.9 Å². The summed E-state index contributed by atoms with van der Waals surface area (Å²) in [6.07, 6.45) is 2.37. The normalized spacial score (nSPS) is 24.8. The van der Waals surface area contributed by atoms with Crippen molar-refractivity contribution >= 4 is 103 Å². The van der Waals surface area contributed by atoms with Crippen LogP contribution in [0.25, 0.3) is 22.1 Å². The summed E-state index contributed by atoms with van der Waals surface area (Å²) in [5.41, 5.74) is 1.35. The molecule has 2 aromatic heterocycles. The number of cyclic esters (lactones) is 2. The molecule has 24 nitrogen and oxygen atoms in total. The van der Waals surface area contributed by atoms with Crippen LogP contribution in [0.4, 0.5) is 0 Å². The van der Waals surface area contributed by atoms with Crippen molar-refractivity contribution in [1.82, 2.24) is 62.5 Å². The van der Waals surface area contributed by atoms with Crippen LogP contribution in [0.15, 0.2) is 60.9 Å². The van der Waals surface area contributed by atoms with Gasteiger partial charge in [0.1, 0.15) is 72.9 Å². The van der Waals surface area contributed by atoms with Gasteiger partial charge in [0, 0.05) is 11.5 Å². The Morgan fingerprint density at radius 2 is 0.889 bits per heavy atom. The predicted octanol–water partition coefficient (Wildman–Crippen LogP) is -0.774. The highest BCUT2D eigenvalue weighted by atomic mass is 33.1. The SMILES string of the molecule is CC(C)[C@@H]1NC(=O)[C@@H]2CSSC[C@H](NC(=O)[C@H](C)NC(=O)[C@H](NC(=O)c3cnc4ccccc4n3)COC1=O)C(=O)N[C@@H](C(C)C)C(=O)OC[C@@H](NC(=O)c1cnc3ccccc3n1)C(=O)N[C@@H](C)C(=O)N2. The molecule has 2 aliphatic heterocycles. The average Bonchev–Trinajstić information content (AvgIpc) is 3.35. The van der Waals surface area contributed by atoms with Gasteiger partial charge >= 0.3 is 11.9 Å². The zero-order valence-corrected chi connectivity index (χ0v) is 41.5. The van der Waals surface area contributed by atoms with Gasteiger partial charge in [-0.25, -0.2) is 19.6 Å². The van der Waals surface area contributed by atoms with Gasteiger partial charge in [-0.15, -0.1) is 0 Å². The van der Waals surface area contributed by atoms with Crippen molar-refractivity contribution in [1.29, 1.82) is 0 Å². The van der Waals surface area contributed by atoms with E-state index in [1.54, 1.807) is 76.2 Å². The fourth-order valence-corrected chi connectivity index (χ4v) is 9.26. The Balaban J connectivity index is 1.31. The highest BCUT2D eigenvalue weighted by molar-refractivity contribution is 8.76. The fourth-order valence-electron chi connectivity index (χ4n) is 6.93. The third-order valence-corrected chi connectivity index (χ3v) is 13.6. The molecule has 2 aliphatic rings. The Morgan fingerprint density at radius 1 is 0.528 bits per heavy atom. The van der Waals surface area contributed by atoms with Crippen molar-refractivity contribution in [3.63, 3.8) is 0 Å². The number of nitrogens with zero attached hydrogens (tertiary/aromatic N) is 4. The van der Waals surface area contributed by atoms with Crippen molar-refractivity contribution in [2.75, 3.05) is 24.7 Å². The summed E-state index contributed by atoms with van der Waals surface area (Å²) in [6, 6.07) is 1.77. The van der Waals surface area contributed by atoms with E-state index in [1.807, 2.05) is 0 Å². The number of nitrogens with one attached hydrogen (secondary N) is 8. The van der Waals surface area contributed by atoms with Gasteiger partial charge in [-0.2, -0.15) is 0 Å². The average molecular weight is 1030 g/mol. The number of rotatable bonds is 6. The van der Waals surface area contributed by atoms with E-state index in [2.05, 4.69) is 62.5 Å². The van der Waals surface area contributed by atoms with Gasteiger partial charge in [-0.05, 0) is 49.9 Å². The number of esters is 2. The molecule has 0 radical (unpaired) electrons. The van der Waals surface area contributed by atoms with E-state index in [-0.39, 0.29) is 22.9 Å².